The van der Waals surface area contributed by atoms with Gasteiger partial charge >= 0.3 is 12.8 Å². The minimum atomic E-state index is -4.87. The highest BCUT2D eigenvalue weighted by atomic mass is 19.4. The van der Waals surface area contributed by atoms with Crippen molar-refractivity contribution in [3.05, 3.63) is 63.7 Å². The van der Waals surface area contributed by atoms with Crippen LogP contribution in [0.25, 0.3) is 0 Å². The summed E-state index contributed by atoms with van der Waals surface area (Å²) in [7, 11) is 0. The summed E-state index contributed by atoms with van der Waals surface area (Å²) in [6.07, 6.45) is -4.87. The number of hydrogen-bond donors (Lipinski definition) is 1. The summed E-state index contributed by atoms with van der Waals surface area (Å²) >= 11 is 0. The molecule has 2 aromatic rings. The molecule has 0 saturated carbocycles. The lowest BCUT2D eigenvalue weighted by Crippen LogP contribution is -2.10. The third-order valence-corrected chi connectivity index (χ3v) is 3.14. The highest BCUT2D eigenvalue weighted by molar-refractivity contribution is 5.55. The first kappa shape index (κ1) is 18.4. The highest BCUT2D eigenvalue weighted by Gasteiger charge is 2.38. The molecule has 10 heteroatoms. The van der Waals surface area contributed by atoms with E-state index in [1.165, 1.54) is 24.3 Å². The highest BCUT2D eigenvalue weighted by Crippen LogP contribution is 2.37. The van der Waals surface area contributed by atoms with Crippen LogP contribution in [0.15, 0.2) is 42.5 Å². The molecular weight excluding hydrogens is 351 g/mol. The van der Waals surface area contributed by atoms with Crippen LogP contribution in [0.2, 0.25) is 0 Å². The second kappa shape index (κ2) is 7.32. The molecule has 0 radical (unpaired) electrons. The summed E-state index contributed by atoms with van der Waals surface area (Å²) in [6.45, 7) is -2.87. The van der Waals surface area contributed by atoms with Crippen molar-refractivity contribution in [1.82, 2.24) is 0 Å². The molecule has 0 spiro atoms. The van der Waals surface area contributed by atoms with Gasteiger partial charge in [-0.05, 0) is 29.8 Å². The number of nitro groups is 1. The van der Waals surface area contributed by atoms with Gasteiger partial charge in [-0.3, -0.25) is 10.1 Å². The molecule has 0 saturated heterocycles. The number of nitrogens with one attached hydrogen (secondary N) is 1. The zero-order valence-electron chi connectivity index (χ0n) is 12.4. The van der Waals surface area contributed by atoms with E-state index in [4.69, 9.17) is 0 Å². The Kier molecular flexibility index (Phi) is 5.40. The van der Waals surface area contributed by atoms with Crippen LogP contribution in [-0.2, 0) is 12.7 Å². The predicted octanol–water partition coefficient (Wildman–Crippen LogP) is 4.83. The van der Waals surface area contributed by atoms with Crippen molar-refractivity contribution < 1.29 is 31.6 Å². The topological polar surface area (TPSA) is 64.4 Å². The molecule has 0 aromatic heterocycles. The number of benzene rings is 2. The molecule has 0 unspecified atom stereocenters. The van der Waals surface area contributed by atoms with Crippen LogP contribution in [0.4, 0.5) is 33.3 Å². The van der Waals surface area contributed by atoms with Gasteiger partial charge in [0, 0.05) is 18.3 Å². The summed E-state index contributed by atoms with van der Waals surface area (Å²) in [5.74, 6) is -0.0477. The standard InChI is InChI=1S/C15H11F5N2O3/c16-14(17)25-11-4-1-9(2-5-11)8-21-10-3-6-13(22(23)24)12(7-10)15(18,19)20/h1-7,14,21H,8H2. The maximum Gasteiger partial charge on any atom is 0.423 e. The summed E-state index contributed by atoms with van der Waals surface area (Å²) in [4.78, 5) is 9.58. The minimum Gasteiger partial charge on any atom is -0.435 e. The van der Waals surface area contributed by atoms with Gasteiger partial charge in [0.05, 0.1) is 4.92 Å². The monoisotopic (exact) mass is 362 g/mol. The van der Waals surface area contributed by atoms with Gasteiger partial charge in [-0.25, -0.2) is 0 Å². The average Bonchev–Trinajstić information content (AvgIpc) is 2.52. The van der Waals surface area contributed by atoms with E-state index < -0.39 is 29.0 Å². The van der Waals surface area contributed by atoms with E-state index in [-0.39, 0.29) is 18.0 Å². The number of alkyl halides is 5. The normalized spacial score (nSPS) is 11.4. The SMILES string of the molecule is O=[N+]([O-])c1ccc(NCc2ccc(OC(F)F)cc2)cc1C(F)(F)F. The van der Waals surface area contributed by atoms with Crippen LogP contribution in [0.3, 0.4) is 0 Å². The van der Waals surface area contributed by atoms with Crippen molar-refractivity contribution in [2.24, 2.45) is 0 Å². The lowest BCUT2D eigenvalue weighted by atomic mass is 10.1. The Morgan fingerprint density at radius 1 is 1.12 bits per heavy atom. The smallest absolute Gasteiger partial charge is 0.423 e. The van der Waals surface area contributed by atoms with Gasteiger partial charge in [0.15, 0.2) is 0 Å². The van der Waals surface area contributed by atoms with E-state index in [2.05, 4.69) is 10.1 Å². The largest absolute Gasteiger partial charge is 0.435 e. The Bertz CT molecular complexity index is 748. The molecule has 0 aliphatic rings. The number of hydrogen-bond acceptors (Lipinski definition) is 4. The minimum absolute atomic E-state index is 0.0332. The molecular formula is C15H11F5N2O3. The first-order chi connectivity index (χ1) is 11.7. The van der Waals surface area contributed by atoms with Crippen molar-refractivity contribution in [3.8, 4) is 5.75 Å². The van der Waals surface area contributed by atoms with E-state index in [0.29, 0.717) is 11.6 Å². The molecule has 2 aromatic carbocycles. The summed E-state index contributed by atoms with van der Waals surface area (Å²) in [5.41, 5.74) is -1.77. The van der Waals surface area contributed by atoms with Crippen LogP contribution >= 0.6 is 0 Å². The van der Waals surface area contributed by atoms with E-state index in [9.17, 15) is 32.1 Å². The second-order valence-electron chi connectivity index (χ2n) is 4.86. The lowest BCUT2D eigenvalue weighted by molar-refractivity contribution is -0.388. The van der Waals surface area contributed by atoms with E-state index >= 15 is 0 Å². The molecule has 25 heavy (non-hydrogen) atoms. The average molecular weight is 362 g/mol. The first-order valence-electron chi connectivity index (χ1n) is 6.80. The number of nitrogens with zero attached hydrogens (tertiary/aromatic N) is 1. The van der Waals surface area contributed by atoms with Gasteiger partial charge in [-0.1, -0.05) is 12.1 Å². The van der Waals surface area contributed by atoms with Gasteiger partial charge in [-0.15, -0.1) is 0 Å². The zero-order chi connectivity index (χ0) is 18.6. The van der Waals surface area contributed by atoms with Gasteiger partial charge in [-0.2, -0.15) is 22.0 Å². The lowest BCUT2D eigenvalue weighted by Gasteiger charge is -2.11. The maximum absolute atomic E-state index is 12.9. The Labute approximate surface area is 138 Å². The Morgan fingerprint density at radius 2 is 1.76 bits per heavy atom. The van der Waals surface area contributed by atoms with Gasteiger partial charge < -0.3 is 10.1 Å². The molecule has 5 nitrogen and oxygen atoms in total. The predicted molar refractivity (Wildman–Crippen MR) is 78.5 cm³/mol. The second-order valence-corrected chi connectivity index (χ2v) is 4.86. The third-order valence-electron chi connectivity index (χ3n) is 3.14. The molecule has 0 atom stereocenters. The van der Waals surface area contributed by atoms with Crippen molar-refractivity contribution in [1.29, 1.82) is 0 Å². The van der Waals surface area contributed by atoms with Crippen LogP contribution in [0.5, 0.6) is 5.75 Å². The van der Waals surface area contributed by atoms with Crippen molar-refractivity contribution in [3.63, 3.8) is 0 Å². The third kappa shape index (κ3) is 5.03. The summed E-state index contributed by atoms with van der Waals surface area (Å²) in [5, 5.41) is 13.4. The van der Waals surface area contributed by atoms with Crippen LogP contribution in [-0.4, -0.2) is 11.5 Å². The fourth-order valence-electron chi connectivity index (χ4n) is 2.03. The molecule has 2 rings (SSSR count). The first-order valence-corrected chi connectivity index (χ1v) is 6.80. The van der Waals surface area contributed by atoms with Crippen LogP contribution in [0.1, 0.15) is 11.1 Å². The molecule has 0 fully saturated rings. The fourth-order valence-corrected chi connectivity index (χ4v) is 2.03. The van der Waals surface area contributed by atoms with Gasteiger partial charge in [0.2, 0.25) is 0 Å². The number of rotatable bonds is 6. The van der Waals surface area contributed by atoms with Crippen molar-refractivity contribution in [2.75, 3.05) is 5.32 Å². The molecule has 0 aliphatic heterocycles. The Balaban J connectivity index is 2.11. The Hall–Kier alpha value is -2.91. The molecule has 0 heterocycles. The van der Waals surface area contributed by atoms with E-state index in [1.54, 1.807) is 0 Å². The van der Waals surface area contributed by atoms with E-state index in [0.717, 1.165) is 12.1 Å². The number of anilines is 1. The zero-order valence-corrected chi connectivity index (χ0v) is 12.4. The summed E-state index contributed by atoms with van der Waals surface area (Å²) < 4.78 is 66.9. The quantitative estimate of drug-likeness (QED) is 0.454. The van der Waals surface area contributed by atoms with Gasteiger partial charge in [0.25, 0.3) is 5.69 Å². The maximum atomic E-state index is 12.9. The molecule has 0 aliphatic carbocycles. The van der Waals surface area contributed by atoms with Crippen LogP contribution < -0.4 is 10.1 Å². The summed E-state index contributed by atoms with van der Waals surface area (Å²) in [6, 6.07) is 8.07. The Morgan fingerprint density at radius 3 is 2.28 bits per heavy atom. The van der Waals surface area contributed by atoms with E-state index in [1.807, 2.05) is 0 Å². The van der Waals surface area contributed by atoms with Crippen molar-refractivity contribution in [2.45, 2.75) is 19.3 Å². The fraction of sp³-hybridized carbons (Fsp3) is 0.200. The molecule has 0 amide bonds. The molecule has 0 bridgehead atoms. The number of ether oxygens (including phenoxy) is 1. The van der Waals surface area contributed by atoms with Crippen LogP contribution in [0, 0.1) is 10.1 Å². The number of halogens is 5. The molecule has 134 valence electrons. The number of nitro benzene ring substituents is 1. The molecule has 1 N–H and O–H groups in total. The van der Waals surface area contributed by atoms with Gasteiger partial charge in [0.1, 0.15) is 11.3 Å². The van der Waals surface area contributed by atoms with Crippen molar-refractivity contribution >= 4 is 11.4 Å².